The summed E-state index contributed by atoms with van der Waals surface area (Å²) in [6.07, 6.45) is 25.3. The summed E-state index contributed by atoms with van der Waals surface area (Å²) in [7, 11) is -4.35. The molecule has 0 aliphatic rings. The lowest BCUT2D eigenvalue weighted by Gasteiger charge is -2.29. The molecule has 1 rings (SSSR count). The number of hydrogen-bond donors (Lipinski definition) is 2. The zero-order valence-corrected chi connectivity index (χ0v) is 25.8. The average molecular weight is 562 g/mol. The smallest absolute Gasteiger partial charge is 0.274 e. The zero-order chi connectivity index (χ0) is 29.0. The highest BCUT2D eigenvalue weighted by Crippen LogP contribution is 2.37. The third kappa shape index (κ3) is 13.8. The molecule has 1 aromatic rings. The maximum absolute atomic E-state index is 12.5. The van der Waals surface area contributed by atoms with E-state index in [2.05, 4.69) is 37.0 Å². The van der Waals surface area contributed by atoms with Gasteiger partial charge in [-0.3, -0.25) is 9.35 Å². The fourth-order valence-electron chi connectivity index (χ4n) is 5.20. The number of amides is 1. The molecule has 0 fully saturated rings. The van der Waals surface area contributed by atoms with Gasteiger partial charge in [0.2, 0.25) is 5.91 Å². The van der Waals surface area contributed by atoms with Crippen molar-refractivity contribution in [3.8, 4) is 0 Å². The Morgan fingerprint density at radius 1 is 0.923 bits per heavy atom. The van der Waals surface area contributed by atoms with Crippen LogP contribution in [0.1, 0.15) is 133 Å². The molecule has 0 aliphatic heterocycles. The Kier molecular flexibility index (Phi) is 18.0. The van der Waals surface area contributed by atoms with Crippen molar-refractivity contribution < 1.29 is 17.8 Å². The number of carbonyl (C=O) groups excluding carboxylic acids is 1. The van der Waals surface area contributed by atoms with Gasteiger partial charge in [0.1, 0.15) is 4.75 Å². The van der Waals surface area contributed by atoms with Crippen LogP contribution in [0.25, 0.3) is 0 Å². The van der Waals surface area contributed by atoms with Crippen molar-refractivity contribution in [3.63, 3.8) is 0 Å². The molecule has 1 unspecified atom stereocenters. The molecule has 1 atom stereocenters. The van der Waals surface area contributed by atoms with Crippen LogP contribution in [0.15, 0.2) is 43.0 Å². The third-order valence-corrected chi connectivity index (χ3v) is 9.42. The monoisotopic (exact) mass is 561 g/mol. The third-order valence-electron chi connectivity index (χ3n) is 7.86. The fraction of sp³-hybridized carbons (Fsp3) is 0.667. The van der Waals surface area contributed by atoms with Crippen molar-refractivity contribution >= 4 is 16.0 Å². The maximum atomic E-state index is 12.5. The molecule has 6 heteroatoms. The number of unbranched alkanes of at least 4 members (excludes halogenated alkanes) is 12. The number of aryl methyl sites for hydroxylation is 1. The van der Waals surface area contributed by atoms with Crippen LogP contribution < -0.4 is 5.32 Å². The van der Waals surface area contributed by atoms with Gasteiger partial charge < -0.3 is 5.32 Å². The van der Waals surface area contributed by atoms with E-state index in [0.29, 0.717) is 18.5 Å². The Morgan fingerprint density at radius 2 is 1.49 bits per heavy atom. The van der Waals surface area contributed by atoms with Gasteiger partial charge in [0.25, 0.3) is 10.1 Å². The van der Waals surface area contributed by atoms with E-state index in [-0.39, 0.29) is 12.3 Å². The predicted octanol–water partition coefficient (Wildman–Crippen LogP) is 8.76. The van der Waals surface area contributed by atoms with Gasteiger partial charge in [0.05, 0.1) is 0 Å². The van der Waals surface area contributed by atoms with Crippen LogP contribution in [0.3, 0.4) is 0 Å². The van der Waals surface area contributed by atoms with Crippen LogP contribution in [0, 0.1) is 6.92 Å². The Hall–Kier alpha value is -1.92. The average Bonchev–Trinajstić information content (AvgIpc) is 2.90. The summed E-state index contributed by atoms with van der Waals surface area (Å²) in [4.78, 5) is 11.4. The van der Waals surface area contributed by atoms with Crippen LogP contribution in [0.2, 0.25) is 0 Å². The molecular weight excluding hydrogens is 506 g/mol. The topological polar surface area (TPSA) is 83.5 Å². The summed E-state index contributed by atoms with van der Waals surface area (Å²) in [5.74, 6) is -0.294. The first-order valence-electron chi connectivity index (χ1n) is 15.3. The molecular formula is C33H55NO4S. The standard InChI is InChI=1S/C33H55NO4S/c1-5-7-8-9-10-11-12-13-14-15-16-17-18-19-20-21-24-30-25-22-26-31(29(30)3)33(4,39(36,37)38)27-23-28-34-32(35)6-2/h6,13-14,22,25-26H,2,5,7-12,15-21,23-24,27-28H2,1,3-4H3,(H,34,35)(H,36,37,38)/b14-13-. The van der Waals surface area contributed by atoms with Crippen molar-refractivity contribution in [1.29, 1.82) is 0 Å². The highest BCUT2D eigenvalue weighted by molar-refractivity contribution is 7.86. The molecule has 0 saturated carbocycles. The molecule has 0 aliphatic carbocycles. The van der Waals surface area contributed by atoms with Crippen LogP contribution in [-0.2, 0) is 26.1 Å². The Bertz CT molecular complexity index is 970. The minimum absolute atomic E-state index is 0.210. The molecule has 0 aromatic heterocycles. The molecule has 1 amide bonds. The number of allylic oxidation sites excluding steroid dienone is 2. The number of carbonyl (C=O) groups is 1. The summed E-state index contributed by atoms with van der Waals surface area (Å²) in [5.41, 5.74) is 2.71. The normalized spacial score (nSPS) is 13.4. The van der Waals surface area contributed by atoms with Gasteiger partial charge in [-0.05, 0) is 88.0 Å². The van der Waals surface area contributed by atoms with E-state index >= 15 is 0 Å². The lowest BCUT2D eigenvalue weighted by molar-refractivity contribution is -0.116. The van der Waals surface area contributed by atoms with Crippen LogP contribution in [0.5, 0.6) is 0 Å². The van der Waals surface area contributed by atoms with Gasteiger partial charge in [-0.25, -0.2) is 0 Å². The van der Waals surface area contributed by atoms with Crippen molar-refractivity contribution in [2.24, 2.45) is 0 Å². The SMILES string of the molecule is C=CC(=O)NCCCC(C)(c1cccc(CCCCCCCC/C=C\CCCCCCCC)c1C)S(=O)(=O)O. The first kappa shape index (κ1) is 35.1. The summed E-state index contributed by atoms with van der Waals surface area (Å²) < 4.78 is 33.7. The van der Waals surface area contributed by atoms with Crippen LogP contribution >= 0.6 is 0 Å². The zero-order valence-electron chi connectivity index (χ0n) is 25.0. The molecule has 2 N–H and O–H groups in total. The van der Waals surface area contributed by atoms with E-state index in [9.17, 15) is 17.8 Å². The first-order valence-corrected chi connectivity index (χ1v) is 16.7. The molecule has 0 spiro atoms. The lowest BCUT2D eigenvalue weighted by atomic mass is 9.88. The van der Waals surface area contributed by atoms with Crippen molar-refractivity contribution in [1.82, 2.24) is 5.32 Å². The Balaban J connectivity index is 2.40. The lowest BCUT2D eigenvalue weighted by Crippen LogP contribution is -2.34. The number of benzene rings is 1. The molecule has 0 bridgehead atoms. The Labute approximate surface area is 239 Å². The predicted molar refractivity (Wildman–Crippen MR) is 166 cm³/mol. The van der Waals surface area contributed by atoms with Crippen molar-refractivity contribution in [2.45, 2.75) is 135 Å². The van der Waals surface area contributed by atoms with Crippen LogP contribution in [-0.4, -0.2) is 25.4 Å². The Morgan fingerprint density at radius 3 is 2.05 bits per heavy atom. The summed E-state index contributed by atoms with van der Waals surface area (Å²) in [6.45, 7) is 9.53. The van der Waals surface area contributed by atoms with Crippen LogP contribution in [0.4, 0.5) is 0 Å². The first-order chi connectivity index (χ1) is 18.7. The van der Waals surface area contributed by atoms with Gasteiger partial charge in [0.15, 0.2) is 0 Å². The summed E-state index contributed by atoms with van der Waals surface area (Å²) >= 11 is 0. The number of hydrogen-bond acceptors (Lipinski definition) is 3. The molecule has 5 nitrogen and oxygen atoms in total. The van der Waals surface area contributed by atoms with Gasteiger partial charge in [-0.1, -0.05) is 102 Å². The second-order valence-electron chi connectivity index (χ2n) is 11.1. The van der Waals surface area contributed by atoms with E-state index in [1.165, 1.54) is 83.1 Å². The quantitative estimate of drug-likeness (QED) is 0.0605. The molecule has 0 heterocycles. The largest absolute Gasteiger partial charge is 0.353 e. The fourth-order valence-corrected chi connectivity index (χ4v) is 6.10. The highest BCUT2D eigenvalue weighted by atomic mass is 32.2. The molecule has 222 valence electrons. The van der Waals surface area contributed by atoms with E-state index < -0.39 is 14.9 Å². The van der Waals surface area contributed by atoms with E-state index in [1.54, 1.807) is 13.0 Å². The number of rotatable bonds is 23. The maximum Gasteiger partial charge on any atom is 0.274 e. The molecule has 0 radical (unpaired) electrons. The van der Waals surface area contributed by atoms with Gasteiger partial charge in [-0.15, -0.1) is 0 Å². The molecule has 0 saturated heterocycles. The molecule has 1 aromatic carbocycles. The summed E-state index contributed by atoms with van der Waals surface area (Å²) in [5, 5.41) is 2.67. The second kappa shape index (κ2) is 20.0. The minimum Gasteiger partial charge on any atom is -0.353 e. The van der Waals surface area contributed by atoms with Crippen molar-refractivity contribution in [3.05, 3.63) is 59.7 Å². The van der Waals surface area contributed by atoms with E-state index in [1.807, 2.05) is 13.0 Å². The second-order valence-corrected chi connectivity index (χ2v) is 12.9. The van der Waals surface area contributed by atoms with Gasteiger partial charge in [-0.2, -0.15) is 8.42 Å². The summed E-state index contributed by atoms with van der Waals surface area (Å²) in [6, 6.07) is 5.75. The number of nitrogens with one attached hydrogen (secondary N) is 1. The minimum atomic E-state index is -4.35. The van der Waals surface area contributed by atoms with Gasteiger partial charge >= 0.3 is 0 Å². The molecule has 39 heavy (non-hydrogen) atoms. The highest BCUT2D eigenvalue weighted by Gasteiger charge is 2.40. The van der Waals surface area contributed by atoms with E-state index in [0.717, 1.165) is 30.4 Å². The van der Waals surface area contributed by atoms with E-state index in [4.69, 9.17) is 0 Å². The van der Waals surface area contributed by atoms with Gasteiger partial charge in [0, 0.05) is 6.54 Å². The van der Waals surface area contributed by atoms with Crippen molar-refractivity contribution in [2.75, 3.05) is 6.54 Å².